The summed E-state index contributed by atoms with van der Waals surface area (Å²) in [6.45, 7) is 0. The largest absolute Gasteiger partial charge is 0.229 e. The van der Waals surface area contributed by atoms with Crippen LogP contribution < -0.4 is 0 Å². The van der Waals surface area contributed by atoms with Crippen LogP contribution in [0.2, 0.25) is 0 Å². The average molecular weight is 282 g/mol. The van der Waals surface area contributed by atoms with Crippen molar-refractivity contribution in [2.45, 2.75) is 0 Å². The summed E-state index contributed by atoms with van der Waals surface area (Å²) in [5, 5.41) is 0. The third-order valence-corrected chi connectivity index (χ3v) is 3.68. The molecule has 3 aromatic rings. The molecule has 0 saturated carbocycles. The molecule has 4 rings (SSSR count). The van der Waals surface area contributed by atoms with Crippen LogP contribution in [0.25, 0.3) is 0 Å². The number of aliphatic imine (C=N–C) groups is 2. The minimum Gasteiger partial charge on any atom is -0.229 e. The summed E-state index contributed by atoms with van der Waals surface area (Å²) >= 11 is 0. The molecule has 3 aromatic carbocycles. The highest BCUT2D eigenvalue weighted by molar-refractivity contribution is 6.29. The molecule has 0 unspecified atom stereocenters. The number of benzene rings is 3. The lowest BCUT2D eigenvalue weighted by Crippen LogP contribution is -1.99. The van der Waals surface area contributed by atoms with Crippen molar-refractivity contribution in [2.75, 3.05) is 0 Å². The van der Waals surface area contributed by atoms with Gasteiger partial charge in [-0.15, -0.1) is 0 Å². The van der Waals surface area contributed by atoms with Crippen LogP contribution in [0.1, 0.15) is 16.7 Å². The molecule has 0 aliphatic carbocycles. The van der Waals surface area contributed by atoms with E-state index in [1.54, 1.807) is 0 Å². The fourth-order valence-electron chi connectivity index (χ4n) is 2.64. The van der Waals surface area contributed by atoms with Crippen LogP contribution in [0.5, 0.6) is 0 Å². The van der Waals surface area contributed by atoms with Gasteiger partial charge in [-0.3, -0.25) is 0 Å². The summed E-state index contributed by atoms with van der Waals surface area (Å²) in [4.78, 5) is 9.49. The maximum absolute atomic E-state index is 4.79. The highest BCUT2D eigenvalue weighted by atomic mass is 14.9. The zero-order valence-electron chi connectivity index (χ0n) is 12.0. The van der Waals surface area contributed by atoms with E-state index in [0.717, 1.165) is 33.9 Å². The van der Waals surface area contributed by atoms with Crippen molar-refractivity contribution in [1.82, 2.24) is 0 Å². The topological polar surface area (TPSA) is 24.7 Å². The van der Waals surface area contributed by atoms with Crippen LogP contribution in [0.4, 0.5) is 5.69 Å². The van der Waals surface area contributed by atoms with Gasteiger partial charge in [0.2, 0.25) is 0 Å². The van der Waals surface area contributed by atoms with Gasteiger partial charge in [-0.25, -0.2) is 9.98 Å². The van der Waals surface area contributed by atoms with Crippen LogP contribution in [0.3, 0.4) is 0 Å². The zero-order valence-corrected chi connectivity index (χ0v) is 12.0. The van der Waals surface area contributed by atoms with E-state index in [0.29, 0.717) is 0 Å². The SMILES string of the molecule is c1ccc(N=C2N=C(c3ccccc3)c3ccccc32)cc1. The van der Waals surface area contributed by atoms with Crippen molar-refractivity contribution in [3.63, 3.8) is 0 Å². The number of nitrogens with zero attached hydrogens (tertiary/aromatic N) is 2. The van der Waals surface area contributed by atoms with Crippen LogP contribution in [0.15, 0.2) is 94.9 Å². The normalized spacial score (nSPS) is 14.7. The molecule has 0 amide bonds. The van der Waals surface area contributed by atoms with E-state index in [9.17, 15) is 0 Å². The number of para-hydroxylation sites is 1. The molecule has 2 heteroatoms. The molecule has 0 N–H and O–H groups in total. The van der Waals surface area contributed by atoms with E-state index in [2.05, 4.69) is 24.3 Å². The molecule has 1 heterocycles. The second kappa shape index (κ2) is 5.41. The monoisotopic (exact) mass is 282 g/mol. The van der Waals surface area contributed by atoms with Crippen molar-refractivity contribution in [3.05, 3.63) is 102 Å². The molecule has 0 radical (unpaired) electrons. The Morgan fingerprint density at radius 1 is 0.591 bits per heavy atom. The first kappa shape index (κ1) is 12.7. The summed E-state index contributed by atoms with van der Waals surface area (Å²) in [5.74, 6) is 0.778. The lowest BCUT2D eigenvalue weighted by molar-refractivity contribution is 1.47. The summed E-state index contributed by atoms with van der Waals surface area (Å²) in [6, 6.07) is 28.5. The van der Waals surface area contributed by atoms with Crippen molar-refractivity contribution >= 4 is 17.2 Å². The predicted molar refractivity (Wildman–Crippen MR) is 91.2 cm³/mol. The number of hydrogen-bond donors (Lipinski definition) is 0. The molecule has 2 nitrogen and oxygen atoms in total. The highest BCUT2D eigenvalue weighted by Gasteiger charge is 2.21. The Kier molecular flexibility index (Phi) is 3.13. The van der Waals surface area contributed by atoms with Gasteiger partial charge in [-0.1, -0.05) is 72.8 Å². The Bertz CT molecular complexity index is 862. The lowest BCUT2D eigenvalue weighted by Gasteiger charge is -2.02. The third kappa shape index (κ3) is 2.25. The number of fused-ring (bicyclic) bond motifs is 1. The number of amidine groups is 1. The second-order valence-corrected chi connectivity index (χ2v) is 5.14. The molecular formula is C20H14N2. The zero-order chi connectivity index (χ0) is 14.8. The summed E-state index contributed by atoms with van der Waals surface area (Å²) in [6.07, 6.45) is 0. The van der Waals surface area contributed by atoms with Crippen molar-refractivity contribution in [2.24, 2.45) is 9.98 Å². The molecular weight excluding hydrogens is 268 g/mol. The van der Waals surface area contributed by atoms with Gasteiger partial charge in [0.15, 0.2) is 5.84 Å². The Labute approximate surface area is 129 Å². The summed E-state index contributed by atoms with van der Waals surface area (Å²) in [7, 11) is 0. The highest BCUT2D eigenvalue weighted by Crippen LogP contribution is 2.25. The average Bonchev–Trinajstić information content (AvgIpc) is 2.96. The van der Waals surface area contributed by atoms with E-state index in [1.807, 2.05) is 60.7 Å². The molecule has 1 aliphatic rings. The Hall–Kier alpha value is -3.00. The molecule has 0 fully saturated rings. The molecule has 0 saturated heterocycles. The third-order valence-electron chi connectivity index (χ3n) is 3.68. The molecule has 0 bridgehead atoms. The molecule has 1 aliphatic heterocycles. The minimum atomic E-state index is 0.778. The van der Waals surface area contributed by atoms with Gasteiger partial charge in [-0.05, 0) is 12.1 Å². The maximum Gasteiger partial charge on any atom is 0.161 e. The quantitative estimate of drug-likeness (QED) is 0.655. The molecule has 0 aromatic heterocycles. The first-order chi connectivity index (χ1) is 10.9. The Morgan fingerprint density at radius 2 is 1.18 bits per heavy atom. The summed E-state index contributed by atoms with van der Waals surface area (Å²) in [5.41, 5.74) is 5.26. The molecule has 104 valence electrons. The van der Waals surface area contributed by atoms with Gasteiger partial charge in [0.05, 0.1) is 11.4 Å². The van der Waals surface area contributed by atoms with Crippen molar-refractivity contribution < 1.29 is 0 Å². The van der Waals surface area contributed by atoms with Crippen molar-refractivity contribution in [1.29, 1.82) is 0 Å². The van der Waals surface area contributed by atoms with Crippen LogP contribution in [-0.4, -0.2) is 11.5 Å². The predicted octanol–water partition coefficient (Wildman–Crippen LogP) is 4.62. The maximum atomic E-state index is 4.79. The van der Waals surface area contributed by atoms with Crippen LogP contribution >= 0.6 is 0 Å². The summed E-state index contributed by atoms with van der Waals surface area (Å²) < 4.78 is 0. The lowest BCUT2D eigenvalue weighted by atomic mass is 10.0. The standard InChI is InChI=1S/C20H14N2/c1-3-9-15(10-4-1)19-17-13-7-8-14-18(17)20(22-19)21-16-11-5-2-6-12-16/h1-14H. The van der Waals surface area contributed by atoms with Gasteiger partial charge >= 0.3 is 0 Å². The van der Waals surface area contributed by atoms with Crippen LogP contribution in [-0.2, 0) is 0 Å². The smallest absolute Gasteiger partial charge is 0.161 e. The fraction of sp³-hybridized carbons (Fsp3) is 0. The first-order valence-electron chi connectivity index (χ1n) is 7.29. The van der Waals surface area contributed by atoms with E-state index < -0.39 is 0 Å². The second-order valence-electron chi connectivity index (χ2n) is 5.14. The molecule has 0 spiro atoms. The number of hydrogen-bond acceptors (Lipinski definition) is 1. The van der Waals surface area contributed by atoms with E-state index in [4.69, 9.17) is 9.98 Å². The van der Waals surface area contributed by atoms with Crippen LogP contribution in [0, 0.1) is 0 Å². The van der Waals surface area contributed by atoms with Crippen molar-refractivity contribution in [3.8, 4) is 0 Å². The van der Waals surface area contributed by atoms with Gasteiger partial charge in [-0.2, -0.15) is 0 Å². The van der Waals surface area contributed by atoms with Gasteiger partial charge < -0.3 is 0 Å². The van der Waals surface area contributed by atoms with E-state index >= 15 is 0 Å². The van der Waals surface area contributed by atoms with E-state index in [-0.39, 0.29) is 0 Å². The molecule has 0 atom stereocenters. The van der Waals surface area contributed by atoms with Gasteiger partial charge in [0, 0.05) is 16.7 Å². The molecule has 22 heavy (non-hydrogen) atoms. The Morgan fingerprint density at radius 3 is 1.91 bits per heavy atom. The van der Waals surface area contributed by atoms with Gasteiger partial charge in [0.25, 0.3) is 0 Å². The van der Waals surface area contributed by atoms with E-state index in [1.165, 1.54) is 0 Å². The Balaban J connectivity index is 1.87. The number of rotatable bonds is 2. The first-order valence-corrected chi connectivity index (χ1v) is 7.29. The fourth-order valence-corrected chi connectivity index (χ4v) is 2.64. The minimum absolute atomic E-state index is 0.778. The van der Waals surface area contributed by atoms with Gasteiger partial charge in [0.1, 0.15) is 0 Å².